The highest BCUT2D eigenvalue weighted by molar-refractivity contribution is 5.87. The van der Waals surface area contributed by atoms with Crippen molar-refractivity contribution < 1.29 is 13.5 Å². The fraction of sp³-hybridized carbons (Fsp3) is 0.154. The van der Waals surface area contributed by atoms with Gasteiger partial charge in [0, 0.05) is 0 Å². The van der Waals surface area contributed by atoms with Crippen molar-refractivity contribution in [1.82, 2.24) is 0 Å². The Labute approximate surface area is 97.0 Å². The average Bonchev–Trinajstić information content (AvgIpc) is 2.28. The first kappa shape index (κ1) is 11.3. The maximum atomic E-state index is 12.1. The molecule has 4 heteroatoms. The molecule has 2 nitrogen and oxygen atoms in total. The highest BCUT2D eigenvalue weighted by Crippen LogP contribution is 2.25. The van der Waals surface area contributed by atoms with Crippen LogP contribution < -0.4 is 4.74 Å². The minimum absolute atomic E-state index is 0.126. The van der Waals surface area contributed by atoms with Crippen molar-refractivity contribution in [3.63, 3.8) is 0 Å². The molecule has 0 saturated carbocycles. The number of alkyl halides is 2. The maximum absolute atomic E-state index is 12.1. The Morgan fingerprint density at radius 3 is 2.76 bits per heavy atom. The van der Waals surface area contributed by atoms with Crippen LogP contribution in [0.1, 0.15) is 5.56 Å². The van der Waals surface area contributed by atoms with Gasteiger partial charge in [-0.15, -0.1) is 0 Å². The van der Waals surface area contributed by atoms with Crippen LogP contribution in [-0.2, 0) is 6.42 Å². The van der Waals surface area contributed by atoms with Crippen LogP contribution in [0.25, 0.3) is 10.8 Å². The van der Waals surface area contributed by atoms with Gasteiger partial charge in [-0.25, -0.2) is 0 Å². The van der Waals surface area contributed by atoms with E-state index in [1.54, 1.807) is 24.3 Å². The van der Waals surface area contributed by atoms with E-state index in [1.165, 1.54) is 6.07 Å². The van der Waals surface area contributed by atoms with E-state index >= 15 is 0 Å². The molecule has 0 atom stereocenters. The number of hydrogen-bond acceptors (Lipinski definition) is 2. The lowest BCUT2D eigenvalue weighted by Gasteiger charge is -2.07. The lowest BCUT2D eigenvalue weighted by Crippen LogP contribution is -2.01. The molecule has 0 aromatic heterocycles. The molecule has 0 saturated heterocycles. The van der Waals surface area contributed by atoms with E-state index in [0.29, 0.717) is 6.42 Å². The van der Waals surface area contributed by atoms with Crippen molar-refractivity contribution in [3.05, 3.63) is 42.0 Å². The van der Waals surface area contributed by atoms with Crippen molar-refractivity contribution in [2.45, 2.75) is 13.0 Å². The Balaban J connectivity index is 2.46. The zero-order valence-corrected chi connectivity index (χ0v) is 8.86. The van der Waals surface area contributed by atoms with Gasteiger partial charge in [-0.05, 0) is 28.5 Å². The molecule has 0 unspecified atom stereocenters. The second-order valence-electron chi connectivity index (χ2n) is 3.51. The number of halogens is 2. The van der Waals surface area contributed by atoms with E-state index in [2.05, 4.69) is 10.8 Å². The van der Waals surface area contributed by atoms with Crippen LogP contribution in [0.2, 0.25) is 0 Å². The van der Waals surface area contributed by atoms with E-state index in [4.69, 9.17) is 5.26 Å². The molecule has 2 aromatic rings. The van der Waals surface area contributed by atoms with E-state index in [9.17, 15) is 8.78 Å². The quantitative estimate of drug-likeness (QED) is 0.812. The van der Waals surface area contributed by atoms with Gasteiger partial charge in [-0.1, -0.05) is 24.3 Å². The SMILES string of the molecule is N#CCc1cccc2cc(OC(F)F)ccc12. The molecule has 86 valence electrons. The minimum atomic E-state index is -2.82. The third kappa shape index (κ3) is 2.51. The molecular weight excluding hydrogens is 224 g/mol. The van der Waals surface area contributed by atoms with E-state index < -0.39 is 6.61 Å². The normalized spacial score (nSPS) is 10.5. The topological polar surface area (TPSA) is 33.0 Å². The van der Waals surface area contributed by atoms with Crippen molar-refractivity contribution in [1.29, 1.82) is 5.26 Å². The summed E-state index contributed by atoms with van der Waals surface area (Å²) in [6.45, 7) is -2.82. The van der Waals surface area contributed by atoms with Gasteiger partial charge in [0.05, 0.1) is 12.5 Å². The molecule has 0 N–H and O–H groups in total. The first-order chi connectivity index (χ1) is 8.20. The fourth-order valence-electron chi connectivity index (χ4n) is 1.74. The van der Waals surface area contributed by atoms with Crippen LogP contribution in [0.3, 0.4) is 0 Å². The number of rotatable bonds is 3. The molecule has 0 aliphatic rings. The summed E-state index contributed by atoms with van der Waals surface area (Å²) in [4.78, 5) is 0. The molecule has 0 heterocycles. The summed E-state index contributed by atoms with van der Waals surface area (Å²) in [5, 5.41) is 10.4. The smallest absolute Gasteiger partial charge is 0.387 e. The third-order valence-electron chi connectivity index (χ3n) is 2.44. The zero-order chi connectivity index (χ0) is 12.3. The summed E-state index contributed by atoms with van der Waals surface area (Å²) in [6.07, 6.45) is 0.298. The molecule has 0 fully saturated rings. The Morgan fingerprint density at radius 1 is 1.24 bits per heavy atom. The van der Waals surface area contributed by atoms with Crippen LogP contribution in [0.15, 0.2) is 36.4 Å². The standard InChI is InChI=1S/C13H9F2NO/c14-13(15)17-11-4-5-12-9(6-7-16)2-1-3-10(12)8-11/h1-5,8,13H,6H2. The third-order valence-corrected chi connectivity index (χ3v) is 2.44. The van der Waals surface area contributed by atoms with Crippen molar-refractivity contribution in [2.75, 3.05) is 0 Å². The van der Waals surface area contributed by atoms with Gasteiger partial charge in [0.2, 0.25) is 0 Å². The Morgan fingerprint density at radius 2 is 2.06 bits per heavy atom. The molecule has 0 bridgehead atoms. The number of nitrogens with zero attached hydrogens (tertiary/aromatic N) is 1. The van der Waals surface area contributed by atoms with Crippen molar-refractivity contribution in [2.24, 2.45) is 0 Å². The van der Waals surface area contributed by atoms with E-state index in [1.807, 2.05) is 6.07 Å². The first-order valence-electron chi connectivity index (χ1n) is 5.04. The monoisotopic (exact) mass is 233 g/mol. The first-order valence-corrected chi connectivity index (χ1v) is 5.04. The number of hydrogen-bond donors (Lipinski definition) is 0. The number of benzene rings is 2. The van der Waals surface area contributed by atoms with Crippen molar-refractivity contribution in [3.8, 4) is 11.8 Å². The lowest BCUT2D eigenvalue weighted by atomic mass is 10.0. The van der Waals surface area contributed by atoms with Crippen LogP contribution in [0.5, 0.6) is 5.75 Å². The van der Waals surface area contributed by atoms with Crippen LogP contribution in [0, 0.1) is 11.3 Å². The predicted molar refractivity (Wildman–Crippen MR) is 59.9 cm³/mol. The fourth-order valence-corrected chi connectivity index (χ4v) is 1.74. The second-order valence-corrected chi connectivity index (χ2v) is 3.51. The number of ether oxygens (including phenoxy) is 1. The molecular formula is C13H9F2NO. The van der Waals surface area contributed by atoms with Gasteiger partial charge in [0.25, 0.3) is 0 Å². The highest BCUT2D eigenvalue weighted by atomic mass is 19.3. The Kier molecular flexibility index (Phi) is 3.20. The predicted octanol–water partition coefficient (Wildman–Crippen LogP) is 3.51. The van der Waals surface area contributed by atoms with Crippen LogP contribution in [0.4, 0.5) is 8.78 Å². The maximum Gasteiger partial charge on any atom is 0.387 e. The Bertz CT molecular complexity index is 575. The Hall–Kier alpha value is -2.15. The highest BCUT2D eigenvalue weighted by Gasteiger charge is 2.06. The largest absolute Gasteiger partial charge is 0.435 e. The average molecular weight is 233 g/mol. The summed E-state index contributed by atoms with van der Waals surface area (Å²) in [5.74, 6) is 0.126. The van der Waals surface area contributed by atoms with E-state index in [-0.39, 0.29) is 5.75 Å². The van der Waals surface area contributed by atoms with Gasteiger partial charge in [0.15, 0.2) is 0 Å². The van der Waals surface area contributed by atoms with Gasteiger partial charge in [0.1, 0.15) is 5.75 Å². The second kappa shape index (κ2) is 4.79. The molecule has 0 aliphatic heterocycles. The molecule has 0 radical (unpaired) electrons. The van der Waals surface area contributed by atoms with Crippen molar-refractivity contribution >= 4 is 10.8 Å². The molecule has 0 amide bonds. The minimum Gasteiger partial charge on any atom is -0.435 e. The van der Waals surface area contributed by atoms with E-state index in [0.717, 1.165) is 16.3 Å². The zero-order valence-electron chi connectivity index (χ0n) is 8.86. The van der Waals surface area contributed by atoms with Crippen LogP contribution >= 0.6 is 0 Å². The molecule has 2 rings (SSSR count). The van der Waals surface area contributed by atoms with Gasteiger partial charge < -0.3 is 4.74 Å². The molecule has 0 aliphatic carbocycles. The van der Waals surface area contributed by atoms with Gasteiger partial charge >= 0.3 is 6.61 Å². The summed E-state index contributed by atoms with van der Waals surface area (Å²) < 4.78 is 28.4. The number of nitriles is 1. The summed E-state index contributed by atoms with van der Waals surface area (Å²) in [7, 11) is 0. The molecule has 0 spiro atoms. The van der Waals surface area contributed by atoms with Gasteiger partial charge in [-0.3, -0.25) is 0 Å². The van der Waals surface area contributed by atoms with Crippen LogP contribution in [-0.4, -0.2) is 6.61 Å². The summed E-state index contributed by atoms with van der Waals surface area (Å²) in [5.41, 5.74) is 0.883. The van der Waals surface area contributed by atoms with Gasteiger partial charge in [-0.2, -0.15) is 14.0 Å². The summed E-state index contributed by atoms with van der Waals surface area (Å²) in [6, 6.07) is 12.2. The molecule has 2 aromatic carbocycles. The number of fused-ring (bicyclic) bond motifs is 1. The molecule has 17 heavy (non-hydrogen) atoms. The lowest BCUT2D eigenvalue weighted by molar-refractivity contribution is -0.0497. The summed E-state index contributed by atoms with van der Waals surface area (Å²) >= 11 is 0.